The molecule has 152 valence electrons. The van der Waals surface area contributed by atoms with Gasteiger partial charge in [-0.15, -0.1) is 0 Å². The number of nitriles is 1. The number of carbonyl (C=O) groups is 2. The van der Waals surface area contributed by atoms with Gasteiger partial charge in [-0.3, -0.25) is 14.4 Å². The van der Waals surface area contributed by atoms with Crippen molar-refractivity contribution >= 4 is 23.2 Å². The Hall–Kier alpha value is -3.61. The van der Waals surface area contributed by atoms with Gasteiger partial charge in [0.2, 0.25) is 11.8 Å². The number of amides is 2. The fourth-order valence-corrected chi connectivity index (χ4v) is 2.48. The number of halogens is 3. The van der Waals surface area contributed by atoms with E-state index in [2.05, 4.69) is 5.32 Å². The molecule has 0 aliphatic rings. The highest BCUT2D eigenvalue weighted by Crippen LogP contribution is 2.29. The summed E-state index contributed by atoms with van der Waals surface area (Å²) in [6.45, 7) is 0.133. The van der Waals surface area contributed by atoms with Crippen molar-refractivity contribution in [2.24, 2.45) is 0 Å². The molecule has 2 aromatic rings. The van der Waals surface area contributed by atoms with E-state index in [1.165, 1.54) is 4.90 Å². The number of aromatic amines is 1. The summed E-state index contributed by atoms with van der Waals surface area (Å²) in [6.07, 6.45) is -4.68. The van der Waals surface area contributed by atoms with Crippen LogP contribution in [0.5, 0.6) is 0 Å². The SMILES string of the molecule is N#CCCN(C(=O)CCC(=O)Nc1cc(C(F)(F)F)c[nH]c1=O)c1ccccc1. The molecular formula is C19H17F3N4O3. The normalized spacial score (nSPS) is 10.8. The summed E-state index contributed by atoms with van der Waals surface area (Å²) in [5.74, 6) is -1.21. The minimum atomic E-state index is -4.68. The van der Waals surface area contributed by atoms with Crippen molar-refractivity contribution in [2.75, 3.05) is 16.8 Å². The predicted molar refractivity (Wildman–Crippen MR) is 99.0 cm³/mol. The molecule has 2 N–H and O–H groups in total. The van der Waals surface area contributed by atoms with E-state index in [0.29, 0.717) is 18.0 Å². The minimum absolute atomic E-state index is 0.0897. The van der Waals surface area contributed by atoms with Crippen LogP contribution in [0.15, 0.2) is 47.4 Å². The summed E-state index contributed by atoms with van der Waals surface area (Å²) in [7, 11) is 0. The quantitative estimate of drug-likeness (QED) is 0.737. The van der Waals surface area contributed by atoms with E-state index in [1.807, 2.05) is 11.1 Å². The topological polar surface area (TPSA) is 106 Å². The number of nitrogens with zero attached hydrogens (tertiary/aromatic N) is 2. The smallest absolute Gasteiger partial charge is 0.327 e. The van der Waals surface area contributed by atoms with Gasteiger partial charge in [-0.25, -0.2) is 0 Å². The third-order valence-corrected chi connectivity index (χ3v) is 3.89. The summed E-state index contributed by atoms with van der Waals surface area (Å²) in [4.78, 5) is 39.4. The Kier molecular flexibility index (Phi) is 7.14. The Morgan fingerprint density at radius 3 is 2.48 bits per heavy atom. The first-order valence-electron chi connectivity index (χ1n) is 8.54. The molecule has 0 saturated carbocycles. The first-order valence-corrected chi connectivity index (χ1v) is 8.54. The summed E-state index contributed by atoms with van der Waals surface area (Å²) >= 11 is 0. The molecule has 0 aliphatic heterocycles. The molecule has 1 aromatic carbocycles. The number of hydrogen-bond acceptors (Lipinski definition) is 4. The first kappa shape index (κ1) is 21.7. The van der Waals surface area contributed by atoms with Crippen molar-refractivity contribution in [1.29, 1.82) is 5.26 Å². The Balaban J connectivity index is 2.03. The van der Waals surface area contributed by atoms with Gasteiger partial charge in [-0.1, -0.05) is 18.2 Å². The predicted octanol–water partition coefficient (Wildman–Crippen LogP) is 3.06. The highest BCUT2D eigenvalue weighted by molar-refractivity contribution is 5.98. The molecule has 0 unspecified atom stereocenters. The van der Waals surface area contributed by atoms with Crippen molar-refractivity contribution in [2.45, 2.75) is 25.4 Å². The molecule has 2 amide bonds. The van der Waals surface area contributed by atoms with Crippen LogP contribution in [0.3, 0.4) is 0 Å². The lowest BCUT2D eigenvalue weighted by atomic mass is 10.2. The number of benzene rings is 1. The zero-order chi connectivity index (χ0) is 21.4. The molecule has 2 rings (SSSR count). The number of aromatic nitrogens is 1. The molecule has 0 aliphatic carbocycles. The van der Waals surface area contributed by atoms with E-state index in [4.69, 9.17) is 5.26 Å². The van der Waals surface area contributed by atoms with Crippen LogP contribution in [0.1, 0.15) is 24.8 Å². The molecule has 0 atom stereocenters. The highest BCUT2D eigenvalue weighted by Gasteiger charge is 2.31. The number of H-pyrrole nitrogens is 1. The van der Waals surface area contributed by atoms with Crippen molar-refractivity contribution < 1.29 is 22.8 Å². The average Bonchev–Trinajstić information content (AvgIpc) is 2.68. The van der Waals surface area contributed by atoms with E-state index in [-0.39, 0.29) is 25.8 Å². The van der Waals surface area contributed by atoms with Gasteiger partial charge in [-0.05, 0) is 18.2 Å². The lowest BCUT2D eigenvalue weighted by Crippen LogP contribution is -2.32. The molecule has 7 nitrogen and oxygen atoms in total. The van der Waals surface area contributed by atoms with Crippen molar-refractivity contribution in [3.8, 4) is 6.07 Å². The van der Waals surface area contributed by atoms with Crippen LogP contribution >= 0.6 is 0 Å². The van der Waals surface area contributed by atoms with E-state index in [0.717, 1.165) is 0 Å². The molecule has 0 bridgehead atoms. The van der Waals surface area contributed by atoms with Crippen LogP contribution < -0.4 is 15.8 Å². The number of carbonyl (C=O) groups excluding carboxylic acids is 2. The molecule has 29 heavy (non-hydrogen) atoms. The number of para-hydroxylation sites is 1. The zero-order valence-corrected chi connectivity index (χ0v) is 15.1. The molecule has 0 saturated heterocycles. The number of pyridine rings is 1. The summed E-state index contributed by atoms with van der Waals surface area (Å²) in [6, 6.07) is 11.0. The van der Waals surface area contributed by atoms with Crippen molar-refractivity contribution in [3.63, 3.8) is 0 Å². The van der Waals surface area contributed by atoms with E-state index in [1.54, 1.807) is 30.3 Å². The van der Waals surface area contributed by atoms with Crippen LogP contribution in [0, 0.1) is 11.3 Å². The van der Waals surface area contributed by atoms with Crippen molar-refractivity contribution in [1.82, 2.24) is 4.98 Å². The average molecular weight is 406 g/mol. The van der Waals surface area contributed by atoms with Gasteiger partial charge < -0.3 is 15.2 Å². The second kappa shape index (κ2) is 9.54. The van der Waals surface area contributed by atoms with Gasteiger partial charge in [0.15, 0.2) is 0 Å². The fourth-order valence-electron chi connectivity index (χ4n) is 2.48. The Bertz CT molecular complexity index is 965. The van der Waals surface area contributed by atoms with Gasteiger partial charge in [-0.2, -0.15) is 18.4 Å². The molecule has 0 fully saturated rings. The molecule has 10 heteroatoms. The third kappa shape index (κ3) is 6.21. The Labute approximate surface area is 163 Å². The van der Waals surface area contributed by atoms with Crippen LogP contribution in [-0.2, 0) is 15.8 Å². The molecule has 0 radical (unpaired) electrons. The van der Waals surface area contributed by atoms with Crippen LogP contribution in [0.4, 0.5) is 24.5 Å². The number of hydrogen-bond donors (Lipinski definition) is 2. The Morgan fingerprint density at radius 1 is 1.17 bits per heavy atom. The lowest BCUT2D eigenvalue weighted by molar-refractivity contribution is -0.137. The monoisotopic (exact) mass is 406 g/mol. The standard InChI is InChI=1S/C19H17F3N4O3/c20-19(21,22)13-11-15(18(29)24-12-13)25-16(27)7-8-17(28)26(10-4-9-23)14-5-2-1-3-6-14/h1-3,5-6,11-12H,4,7-8,10H2,(H,24,29)(H,25,27). The first-order chi connectivity index (χ1) is 13.7. The minimum Gasteiger partial charge on any atom is -0.327 e. The van der Waals surface area contributed by atoms with Crippen LogP contribution in [0.2, 0.25) is 0 Å². The largest absolute Gasteiger partial charge is 0.417 e. The second-order valence-electron chi connectivity index (χ2n) is 5.97. The van der Waals surface area contributed by atoms with Gasteiger partial charge in [0.25, 0.3) is 5.56 Å². The Morgan fingerprint density at radius 2 is 1.86 bits per heavy atom. The van der Waals surface area contributed by atoms with Crippen molar-refractivity contribution in [3.05, 3.63) is 58.5 Å². The third-order valence-electron chi connectivity index (χ3n) is 3.89. The van der Waals surface area contributed by atoms with E-state index in [9.17, 15) is 27.6 Å². The summed E-state index contributed by atoms with van der Waals surface area (Å²) in [5.41, 5.74) is -2.00. The highest BCUT2D eigenvalue weighted by atomic mass is 19.4. The molecule has 1 heterocycles. The molecule has 0 spiro atoms. The maximum Gasteiger partial charge on any atom is 0.417 e. The summed E-state index contributed by atoms with van der Waals surface area (Å²) < 4.78 is 38.2. The zero-order valence-electron chi connectivity index (χ0n) is 15.1. The van der Waals surface area contributed by atoms with Gasteiger partial charge >= 0.3 is 6.18 Å². The number of anilines is 2. The lowest BCUT2D eigenvalue weighted by Gasteiger charge is -2.21. The number of alkyl halides is 3. The van der Waals surface area contributed by atoms with Gasteiger partial charge in [0, 0.05) is 31.3 Å². The van der Waals surface area contributed by atoms with Crippen LogP contribution in [0.25, 0.3) is 0 Å². The maximum absolute atomic E-state index is 12.7. The van der Waals surface area contributed by atoms with Gasteiger partial charge in [0.1, 0.15) is 5.69 Å². The fraction of sp³-hybridized carbons (Fsp3) is 0.263. The van der Waals surface area contributed by atoms with E-state index < -0.39 is 34.8 Å². The summed E-state index contributed by atoms with van der Waals surface area (Å²) in [5, 5.41) is 10.9. The molecule has 1 aromatic heterocycles. The van der Waals surface area contributed by atoms with Gasteiger partial charge in [0.05, 0.1) is 18.1 Å². The number of nitrogens with one attached hydrogen (secondary N) is 2. The number of rotatable bonds is 7. The second-order valence-corrected chi connectivity index (χ2v) is 5.97. The van der Waals surface area contributed by atoms with E-state index >= 15 is 0 Å². The molecular weight excluding hydrogens is 389 g/mol. The maximum atomic E-state index is 12.7. The van der Waals surface area contributed by atoms with Crippen LogP contribution in [-0.4, -0.2) is 23.3 Å².